The highest BCUT2D eigenvalue weighted by atomic mass is 32.2. The van der Waals surface area contributed by atoms with Gasteiger partial charge in [-0.25, -0.2) is 8.42 Å². The molecule has 0 amide bonds. The van der Waals surface area contributed by atoms with Gasteiger partial charge >= 0.3 is 0 Å². The number of nitriles is 1. The Labute approximate surface area is 117 Å². The van der Waals surface area contributed by atoms with Crippen LogP contribution in [0.15, 0.2) is 47.4 Å². The van der Waals surface area contributed by atoms with Gasteiger partial charge in [-0.05, 0) is 48.9 Å². The Balaban J connectivity index is 2.35. The van der Waals surface area contributed by atoms with Gasteiger partial charge in [0.05, 0.1) is 16.5 Å². The van der Waals surface area contributed by atoms with Gasteiger partial charge in [-0.1, -0.05) is 6.07 Å². The van der Waals surface area contributed by atoms with E-state index < -0.39 is 10.0 Å². The van der Waals surface area contributed by atoms with Gasteiger partial charge in [-0.2, -0.15) is 5.26 Å². The van der Waals surface area contributed by atoms with Crippen molar-refractivity contribution in [2.24, 2.45) is 0 Å². The Kier molecular flexibility index (Phi) is 3.63. The molecule has 0 saturated carbocycles. The molecule has 0 heterocycles. The van der Waals surface area contributed by atoms with Crippen LogP contribution in [-0.4, -0.2) is 8.42 Å². The second-order valence-electron chi connectivity index (χ2n) is 4.32. The molecule has 0 fully saturated rings. The normalized spacial score (nSPS) is 10.8. The standard InChI is InChI=1S/C14H13N3O2S/c1-10-7-12(5-6-14(10)16)17-20(18,19)13-4-2-3-11(8-13)9-15/h2-8,17H,16H2,1H3. The molecule has 0 aromatic heterocycles. The van der Waals surface area contributed by atoms with Gasteiger partial charge in [0.2, 0.25) is 0 Å². The summed E-state index contributed by atoms with van der Waals surface area (Å²) in [5.74, 6) is 0. The van der Waals surface area contributed by atoms with Gasteiger partial charge in [0.15, 0.2) is 0 Å². The molecule has 0 atom stereocenters. The molecular weight excluding hydrogens is 274 g/mol. The molecule has 3 N–H and O–H groups in total. The number of nitrogen functional groups attached to an aromatic ring is 1. The van der Waals surface area contributed by atoms with E-state index in [2.05, 4.69) is 4.72 Å². The summed E-state index contributed by atoms with van der Waals surface area (Å²) >= 11 is 0. The van der Waals surface area contributed by atoms with Crippen molar-refractivity contribution < 1.29 is 8.42 Å². The van der Waals surface area contributed by atoms with Gasteiger partial charge in [0, 0.05) is 11.4 Å². The lowest BCUT2D eigenvalue weighted by molar-refractivity contribution is 0.601. The van der Waals surface area contributed by atoms with Crippen molar-refractivity contribution in [2.45, 2.75) is 11.8 Å². The third-order valence-electron chi connectivity index (χ3n) is 2.80. The molecule has 0 bridgehead atoms. The smallest absolute Gasteiger partial charge is 0.261 e. The van der Waals surface area contributed by atoms with E-state index in [4.69, 9.17) is 11.0 Å². The van der Waals surface area contributed by atoms with Crippen molar-refractivity contribution in [1.82, 2.24) is 0 Å². The van der Waals surface area contributed by atoms with E-state index in [0.29, 0.717) is 16.9 Å². The maximum absolute atomic E-state index is 12.2. The van der Waals surface area contributed by atoms with Crippen molar-refractivity contribution in [3.05, 3.63) is 53.6 Å². The topological polar surface area (TPSA) is 96.0 Å². The lowest BCUT2D eigenvalue weighted by Crippen LogP contribution is -2.13. The largest absolute Gasteiger partial charge is 0.399 e. The van der Waals surface area contributed by atoms with Gasteiger partial charge in [-0.3, -0.25) is 4.72 Å². The molecule has 0 unspecified atom stereocenters. The highest BCUT2D eigenvalue weighted by Crippen LogP contribution is 2.20. The summed E-state index contributed by atoms with van der Waals surface area (Å²) in [6.45, 7) is 1.80. The quantitative estimate of drug-likeness (QED) is 0.846. The minimum absolute atomic E-state index is 0.0472. The minimum Gasteiger partial charge on any atom is -0.399 e. The fourth-order valence-electron chi connectivity index (χ4n) is 1.69. The SMILES string of the molecule is Cc1cc(NS(=O)(=O)c2cccc(C#N)c2)ccc1N. The maximum atomic E-state index is 12.2. The Bertz CT molecular complexity index is 792. The van der Waals surface area contributed by atoms with E-state index in [0.717, 1.165) is 5.56 Å². The van der Waals surface area contributed by atoms with E-state index in [9.17, 15) is 8.42 Å². The fraction of sp³-hybridized carbons (Fsp3) is 0.0714. The summed E-state index contributed by atoms with van der Waals surface area (Å²) in [7, 11) is -3.72. The molecule has 5 nitrogen and oxygen atoms in total. The lowest BCUT2D eigenvalue weighted by Gasteiger charge is -2.09. The lowest BCUT2D eigenvalue weighted by atomic mass is 10.2. The molecule has 0 aliphatic carbocycles. The molecule has 2 aromatic carbocycles. The van der Waals surface area contributed by atoms with Gasteiger partial charge in [0.25, 0.3) is 10.0 Å². The molecule has 20 heavy (non-hydrogen) atoms. The molecule has 2 aromatic rings. The number of hydrogen-bond donors (Lipinski definition) is 2. The molecule has 0 saturated heterocycles. The molecule has 0 spiro atoms. The van der Waals surface area contributed by atoms with Crippen LogP contribution in [0, 0.1) is 18.3 Å². The summed E-state index contributed by atoms with van der Waals surface area (Å²) in [5, 5.41) is 8.81. The molecule has 6 heteroatoms. The summed E-state index contributed by atoms with van der Waals surface area (Å²) in [6.07, 6.45) is 0. The Hall–Kier alpha value is -2.52. The Morgan fingerprint density at radius 1 is 1.20 bits per heavy atom. The van der Waals surface area contributed by atoms with Crippen LogP contribution in [0.1, 0.15) is 11.1 Å². The summed E-state index contributed by atoms with van der Waals surface area (Å²) in [4.78, 5) is 0.0472. The number of hydrogen-bond acceptors (Lipinski definition) is 4. The van der Waals surface area contributed by atoms with E-state index in [1.165, 1.54) is 18.2 Å². The number of anilines is 2. The van der Waals surface area contributed by atoms with E-state index in [-0.39, 0.29) is 4.90 Å². The van der Waals surface area contributed by atoms with E-state index in [1.807, 2.05) is 6.07 Å². The van der Waals surface area contributed by atoms with Crippen molar-refractivity contribution in [3.63, 3.8) is 0 Å². The number of nitrogens with two attached hydrogens (primary N) is 1. The monoisotopic (exact) mass is 287 g/mol. The zero-order valence-electron chi connectivity index (χ0n) is 10.8. The summed E-state index contributed by atoms with van der Waals surface area (Å²) in [5.41, 5.74) is 7.80. The first-order valence-electron chi connectivity index (χ1n) is 5.81. The van der Waals surface area contributed by atoms with Crippen LogP contribution in [-0.2, 0) is 10.0 Å². The zero-order chi connectivity index (χ0) is 14.8. The van der Waals surface area contributed by atoms with Crippen molar-refractivity contribution in [2.75, 3.05) is 10.5 Å². The second kappa shape index (κ2) is 5.23. The molecule has 0 radical (unpaired) electrons. The summed E-state index contributed by atoms with van der Waals surface area (Å²) < 4.78 is 26.9. The highest BCUT2D eigenvalue weighted by Gasteiger charge is 2.14. The van der Waals surface area contributed by atoms with Crippen molar-refractivity contribution in [1.29, 1.82) is 5.26 Å². The maximum Gasteiger partial charge on any atom is 0.261 e. The molecule has 0 aliphatic heterocycles. The number of aryl methyl sites for hydroxylation is 1. The van der Waals surface area contributed by atoms with Crippen LogP contribution >= 0.6 is 0 Å². The fourth-order valence-corrected chi connectivity index (χ4v) is 2.78. The van der Waals surface area contributed by atoms with E-state index >= 15 is 0 Å². The number of nitrogens with zero attached hydrogens (tertiary/aromatic N) is 1. The van der Waals surface area contributed by atoms with Crippen molar-refractivity contribution >= 4 is 21.4 Å². The van der Waals surface area contributed by atoms with Crippen molar-refractivity contribution in [3.8, 4) is 6.07 Å². The van der Waals surface area contributed by atoms with E-state index in [1.54, 1.807) is 31.2 Å². The first-order valence-corrected chi connectivity index (χ1v) is 7.30. The van der Waals surface area contributed by atoms with Gasteiger partial charge in [-0.15, -0.1) is 0 Å². The number of rotatable bonds is 3. The first-order chi connectivity index (χ1) is 9.42. The third kappa shape index (κ3) is 2.90. The number of nitrogens with one attached hydrogen (secondary N) is 1. The predicted octanol–water partition coefficient (Wildman–Crippen LogP) is 2.25. The van der Waals surface area contributed by atoms with Crippen LogP contribution in [0.3, 0.4) is 0 Å². The first kappa shape index (κ1) is 13.9. The average molecular weight is 287 g/mol. The number of benzene rings is 2. The van der Waals surface area contributed by atoms with Crippen LogP contribution < -0.4 is 10.5 Å². The molecule has 102 valence electrons. The van der Waals surface area contributed by atoms with Crippen LogP contribution in [0.25, 0.3) is 0 Å². The predicted molar refractivity (Wildman–Crippen MR) is 77.6 cm³/mol. The van der Waals surface area contributed by atoms with Gasteiger partial charge in [0.1, 0.15) is 0 Å². The van der Waals surface area contributed by atoms with Gasteiger partial charge < -0.3 is 5.73 Å². The van der Waals surface area contributed by atoms with Crippen LogP contribution in [0.4, 0.5) is 11.4 Å². The highest BCUT2D eigenvalue weighted by molar-refractivity contribution is 7.92. The number of sulfonamides is 1. The van der Waals surface area contributed by atoms with Crippen LogP contribution in [0.2, 0.25) is 0 Å². The Morgan fingerprint density at radius 2 is 1.95 bits per heavy atom. The molecule has 0 aliphatic rings. The molecule has 2 rings (SSSR count). The average Bonchev–Trinajstić information content (AvgIpc) is 2.43. The summed E-state index contributed by atoms with van der Waals surface area (Å²) in [6, 6.07) is 12.6. The second-order valence-corrected chi connectivity index (χ2v) is 6.00. The Morgan fingerprint density at radius 3 is 2.60 bits per heavy atom. The zero-order valence-corrected chi connectivity index (χ0v) is 11.6. The minimum atomic E-state index is -3.72. The molecular formula is C14H13N3O2S. The third-order valence-corrected chi connectivity index (χ3v) is 4.17. The van der Waals surface area contributed by atoms with Crippen LogP contribution in [0.5, 0.6) is 0 Å².